The van der Waals surface area contributed by atoms with Crippen LogP contribution in [0, 0.1) is 0 Å². The third-order valence-electron chi connectivity index (χ3n) is 3.94. The standard InChI is InChI=1S/C15H18F2N2O5S/c1-24-15(21)19-8-6-11(7-9-19)18-13(20)10-2-4-12(5-3-10)25(22,23)14(16)17/h2-5,11,14H,6-9H2,1H3,(H,18,20). The van der Waals surface area contributed by atoms with Crippen molar-refractivity contribution in [1.29, 1.82) is 0 Å². The van der Waals surface area contributed by atoms with Gasteiger partial charge < -0.3 is 15.0 Å². The largest absolute Gasteiger partial charge is 0.453 e. The predicted molar refractivity (Wildman–Crippen MR) is 84.1 cm³/mol. The van der Waals surface area contributed by atoms with Crippen LogP contribution in [0.25, 0.3) is 0 Å². The SMILES string of the molecule is COC(=O)N1CCC(NC(=O)c2ccc(S(=O)(=O)C(F)F)cc2)CC1. The molecule has 1 aromatic carbocycles. The molecule has 1 aliphatic rings. The van der Waals surface area contributed by atoms with E-state index in [2.05, 4.69) is 10.1 Å². The lowest BCUT2D eigenvalue weighted by atomic mass is 10.0. The Morgan fingerprint density at radius 3 is 2.24 bits per heavy atom. The lowest BCUT2D eigenvalue weighted by molar-refractivity contribution is 0.0892. The molecule has 2 amide bonds. The summed E-state index contributed by atoms with van der Waals surface area (Å²) in [5, 5.41) is 2.78. The van der Waals surface area contributed by atoms with Gasteiger partial charge in [0.1, 0.15) is 0 Å². The summed E-state index contributed by atoms with van der Waals surface area (Å²) < 4.78 is 52.3. The van der Waals surface area contributed by atoms with Crippen LogP contribution >= 0.6 is 0 Å². The molecule has 1 aliphatic heterocycles. The highest BCUT2D eigenvalue weighted by Gasteiger charge is 2.27. The quantitative estimate of drug-likeness (QED) is 0.862. The van der Waals surface area contributed by atoms with Gasteiger partial charge in [0.25, 0.3) is 5.91 Å². The van der Waals surface area contributed by atoms with Gasteiger partial charge in [-0.2, -0.15) is 8.78 Å². The van der Waals surface area contributed by atoms with Crippen LogP contribution in [0.1, 0.15) is 23.2 Å². The first kappa shape index (κ1) is 19.1. The molecule has 0 aromatic heterocycles. The number of sulfone groups is 1. The van der Waals surface area contributed by atoms with Crippen molar-refractivity contribution in [2.24, 2.45) is 0 Å². The van der Waals surface area contributed by atoms with Crippen LogP contribution in [0.5, 0.6) is 0 Å². The zero-order chi connectivity index (χ0) is 18.6. The number of alkyl halides is 2. The van der Waals surface area contributed by atoms with Gasteiger partial charge in [-0.25, -0.2) is 13.2 Å². The molecule has 0 unspecified atom stereocenters. The molecule has 0 spiro atoms. The smallest absolute Gasteiger partial charge is 0.409 e. The average Bonchev–Trinajstić information content (AvgIpc) is 2.61. The number of benzene rings is 1. The normalized spacial score (nSPS) is 15.9. The van der Waals surface area contributed by atoms with Gasteiger partial charge in [-0.05, 0) is 37.1 Å². The molecule has 2 rings (SSSR count). The van der Waals surface area contributed by atoms with Gasteiger partial charge in [-0.1, -0.05) is 0 Å². The van der Waals surface area contributed by atoms with Crippen molar-refractivity contribution >= 4 is 21.8 Å². The molecule has 25 heavy (non-hydrogen) atoms. The molecule has 0 atom stereocenters. The van der Waals surface area contributed by atoms with E-state index in [9.17, 15) is 26.8 Å². The molecular formula is C15H18F2N2O5S. The molecule has 0 radical (unpaired) electrons. The molecule has 1 aromatic rings. The summed E-state index contributed by atoms with van der Waals surface area (Å²) in [5.41, 5.74) is 0.170. The number of likely N-dealkylation sites (tertiary alicyclic amines) is 1. The minimum Gasteiger partial charge on any atom is -0.453 e. The first-order valence-corrected chi connectivity index (χ1v) is 9.06. The maximum Gasteiger partial charge on any atom is 0.409 e. The molecule has 1 fully saturated rings. The maximum absolute atomic E-state index is 12.5. The molecule has 1 saturated heterocycles. The molecule has 10 heteroatoms. The fourth-order valence-electron chi connectivity index (χ4n) is 2.50. The van der Waals surface area contributed by atoms with Gasteiger partial charge in [0.05, 0.1) is 12.0 Å². The van der Waals surface area contributed by atoms with E-state index in [1.165, 1.54) is 24.1 Å². The summed E-state index contributed by atoms with van der Waals surface area (Å²) in [6, 6.07) is 4.20. The third-order valence-corrected chi connectivity index (χ3v) is 5.34. The van der Waals surface area contributed by atoms with Gasteiger partial charge in [0.2, 0.25) is 9.84 Å². The molecule has 0 aliphatic carbocycles. The summed E-state index contributed by atoms with van der Waals surface area (Å²) in [5.74, 6) is -3.94. The number of hydrogen-bond donors (Lipinski definition) is 1. The molecule has 138 valence electrons. The zero-order valence-electron chi connectivity index (χ0n) is 13.4. The number of nitrogens with zero attached hydrogens (tertiary/aromatic N) is 1. The molecular weight excluding hydrogens is 358 g/mol. The van der Waals surface area contributed by atoms with E-state index in [1.54, 1.807) is 0 Å². The van der Waals surface area contributed by atoms with Gasteiger partial charge in [0.15, 0.2) is 0 Å². The highest BCUT2D eigenvalue weighted by molar-refractivity contribution is 7.91. The number of methoxy groups -OCH3 is 1. The van der Waals surface area contributed by atoms with Crippen molar-refractivity contribution in [1.82, 2.24) is 10.2 Å². The summed E-state index contributed by atoms with van der Waals surface area (Å²) in [6.45, 7) is 0.895. The maximum atomic E-state index is 12.5. The number of nitrogens with one attached hydrogen (secondary N) is 1. The van der Waals surface area contributed by atoms with E-state index in [-0.39, 0.29) is 11.6 Å². The summed E-state index contributed by atoms with van der Waals surface area (Å²) in [4.78, 5) is 24.6. The minimum atomic E-state index is -4.68. The second-order valence-electron chi connectivity index (χ2n) is 5.53. The summed E-state index contributed by atoms with van der Waals surface area (Å²) in [6.07, 6.45) is 0.692. The van der Waals surface area contributed by atoms with Gasteiger partial charge in [-0.3, -0.25) is 4.79 Å². The Kier molecular flexibility index (Phi) is 5.93. The van der Waals surface area contributed by atoms with Gasteiger partial charge >= 0.3 is 11.9 Å². The first-order chi connectivity index (χ1) is 11.8. The summed E-state index contributed by atoms with van der Waals surface area (Å²) in [7, 11) is -3.38. The minimum absolute atomic E-state index is 0.141. The van der Waals surface area contributed by atoms with E-state index in [0.717, 1.165) is 12.1 Å². The Bertz CT molecular complexity index is 729. The molecule has 0 saturated carbocycles. The third kappa shape index (κ3) is 4.44. The lowest BCUT2D eigenvalue weighted by Gasteiger charge is -2.31. The molecule has 0 bridgehead atoms. The van der Waals surface area contributed by atoms with Crippen molar-refractivity contribution in [3.05, 3.63) is 29.8 Å². The van der Waals surface area contributed by atoms with Crippen LogP contribution in [-0.4, -0.2) is 57.3 Å². The van der Waals surface area contributed by atoms with Crippen molar-refractivity contribution < 1.29 is 31.5 Å². The molecule has 1 N–H and O–H groups in total. The fraction of sp³-hybridized carbons (Fsp3) is 0.467. The van der Waals surface area contributed by atoms with E-state index in [1.807, 2.05) is 0 Å². The van der Waals surface area contributed by atoms with Crippen LogP contribution in [0.2, 0.25) is 0 Å². The molecule has 1 heterocycles. The Hall–Kier alpha value is -2.23. The zero-order valence-corrected chi connectivity index (χ0v) is 14.3. The lowest BCUT2D eigenvalue weighted by Crippen LogP contribution is -2.46. The first-order valence-electron chi connectivity index (χ1n) is 7.51. The Balaban J connectivity index is 1.95. The van der Waals surface area contributed by atoms with Crippen LogP contribution in [0.15, 0.2) is 29.2 Å². The Morgan fingerprint density at radius 2 is 1.76 bits per heavy atom. The number of carbonyl (C=O) groups excluding carboxylic acids is 2. The van der Waals surface area contributed by atoms with Crippen molar-refractivity contribution in [2.75, 3.05) is 20.2 Å². The van der Waals surface area contributed by atoms with E-state index in [4.69, 9.17) is 0 Å². The number of carbonyl (C=O) groups is 2. The fourth-order valence-corrected chi connectivity index (χ4v) is 3.22. The number of halogens is 2. The Morgan fingerprint density at radius 1 is 1.20 bits per heavy atom. The van der Waals surface area contributed by atoms with Crippen LogP contribution < -0.4 is 5.32 Å². The van der Waals surface area contributed by atoms with Gasteiger partial charge in [-0.15, -0.1) is 0 Å². The van der Waals surface area contributed by atoms with E-state index >= 15 is 0 Å². The van der Waals surface area contributed by atoms with E-state index in [0.29, 0.717) is 25.9 Å². The highest BCUT2D eigenvalue weighted by Crippen LogP contribution is 2.19. The van der Waals surface area contributed by atoms with Crippen molar-refractivity contribution in [2.45, 2.75) is 29.5 Å². The number of ether oxygens (including phenoxy) is 1. The second-order valence-corrected chi connectivity index (χ2v) is 7.45. The van der Waals surface area contributed by atoms with Crippen molar-refractivity contribution in [3.8, 4) is 0 Å². The second kappa shape index (κ2) is 7.77. The number of amides is 2. The number of piperidine rings is 1. The Labute approximate surface area is 143 Å². The van der Waals surface area contributed by atoms with Crippen LogP contribution in [0.3, 0.4) is 0 Å². The topological polar surface area (TPSA) is 92.8 Å². The summed E-state index contributed by atoms with van der Waals surface area (Å²) >= 11 is 0. The average molecular weight is 376 g/mol. The highest BCUT2D eigenvalue weighted by atomic mass is 32.2. The van der Waals surface area contributed by atoms with Gasteiger partial charge in [0, 0.05) is 24.7 Å². The number of hydrogen-bond acceptors (Lipinski definition) is 5. The predicted octanol–water partition coefficient (Wildman–Crippen LogP) is 1.64. The monoisotopic (exact) mass is 376 g/mol. The van der Waals surface area contributed by atoms with Crippen LogP contribution in [0.4, 0.5) is 13.6 Å². The van der Waals surface area contributed by atoms with E-state index < -0.39 is 32.5 Å². The number of rotatable bonds is 4. The molecule has 7 nitrogen and oxygen atoms in total. The van der Waals surface area contributed by atoms with Crippen LogP contribution in [-0.2, 0) is 14.6 Å². The van der Waals surface area contributed by atoms with Crippen molar-refractivity contribution in [3.63, 3.8) is 0 Å².